The van der Waals surface area contributed by atoms with E-state index in [-0.39, 0.29) is 17.6 Å². The molecule has 1 fully saturated rings. The molecule has 1 unspecified atom stereocenters. The third-order valence-corrected chi connectivity index (χ3v) is 3.14. The highest BCUT2D eigenvalue weighted by atomic mass is 16.5. The van der Waals surface area contributed by atoms with Gasteiger partial charge in [-0.25, -0.2) is 0 Å². The zero-order valence-corrected chi connectivity index (χ0v) is 11.7. The van der Waals surface area contributed by atoms with Crippen molar-refractivity contribution in [2.75, 3.05) is 13.2 Å². The third kappa shape index (κ3) is 4.89. The van der Waals surface area contributed by atoms with E-state index in [1.54, 1.807) is 6.20 Å². The number of rotatable bonds is 6. The van der Waals surface area contributed by atoms with Crippen molar-refractivity contribution >= 4 is 5.91 Å². The molecule has 1 saturated heterocycles. The molecule has 21 heavy (non-hydrogen) atoms. The van der Waals surface area contributed by atoms with E-state index in [4.69, 9.17) is 10.00 Å². The minimum Gasteiger partial charge on any atom is -0.384 e. The predicted octanol–water partition coefficient (Wildman–Crippen LogP) is 0.874. The van der Waals surface area contributed by atoms with Crippen molar-refractivity contribution in [3.05, 3.63) is 41.9 Å². The van der Waals surface area contributed by atoms with Gasteiger partial charge in [0, 0.05) is 25.5 Å². The maximum absolute atomic E-state index is 11.9. The van der Waals surface area contributed by atoms with Gasteiger partial charge in [-0.2, -0.15) is 5.26 Å². The second kappa shape index (κ2) is 8.02. The Morgan fingerprint density at radius 1 is 1.57 bits per heavy atom. The lowest BCUT2D eigenvalue weighted by molar-refractivity contribution is -0.117. The Morgan fingerprint density at radius 3 is 3.14 bits per heavy atom. The molecule has 2 heterocycles. The standard InChI is InChI=1S/C15H18N4O2/c16-8-12(9-17-10-13-4-1-2-6-18-13)15(20)19-11-14-5-3-7-21-14/h1-2,4,6,9,14,17H,3,5,7,10-11H2,(H,19,20)/b12-9-. The van der Waals surface area contributed by atoms with E-state index in [1.807, 2.05) is 24.3 Å². The molecule has 1 atom stereocenters. The van der Waals surface area contributed by atoms with Crippen LogP contribution in [0.15, 0.2) is 36.2 Å². The Bertz CT molecular complexity index is 530. The lowest BCUT2D eigenvalue weighted by atomic mass is 10.2. The van der Waals surface area contributed by atoms with Gasteiger partial charge in [-0.05, 0) is 25.0 Å². The second-order valence-corrected chi connectivity index (χ2v) is 4.72. The molecule has 1 aliphatic heterocycles. The fraction of sp³-hybridized carbons (Fsp3) is 0.400. The predicted molar refractivity (Wildman–Crippen MR) is 76.8 cm³/mol. The van der Waals surface area contributed by atoms with Crippen LogP contribution in [-0.2, 0) is 16.1 Å². The van der Waals surface area contributed by atoms with Crippen LogP contribution in [0.2, 0.25) is 0 Å². The number of pyridine rings is 1. The van der Waals surface area contributed by atoms with Gasteiger partial charge >= 0.3 is 0 Å². The summed E-state index contributed by atoms with van der Waals surface area (Å²) in [4.78, 5) is 16.0. The Morgan fingerprint density at radius 2 is 2.48 bits per heavy atom. The van der Waals surface area contributed by atoms with Crippen molar-refractivity contribution in [2.45, 2.75) is 25.5 Å². The van der Waals surface area contributed by atoms with Gasteiger partial charge in [-0.1, -0.05) is 6.07 Å². The summed E-state index contributed by atoms with van der Waals surface area (Å²) in [5, 5.41) is 14.7. The number of nitrogens with zero attached hydrogens (tertiary/aromatic N) is 2. The van der Waals surface area contributed by atoms with Crippen LogP contribution < -0.4 is 10.6 Å². The van der Waals surface area contributed by atoms with Crippen LogP contribution in [0.1, 0.15) is 18.5 Å². The van der Waals surface area contributed by atoms with Gasteiger partial charge in [0.2, 0.25) is 0 Å². The average molecular weight is 286 g/mol. The molecule has 0 spiro atoms. The van der Waals surface area contributed by atoms with Crippen LogP contribution in [-0.4, -0.2) is 30.1 Å². The summed E-state index contributed by atoms with van der Waals surface area (Å²) in [6, 6.07) is 7.47. The van der Waals surface area contributed by atoms with Crippen molar-refractivity contribution < 1.29 is 9.53 Å². The molecule has 1 aromatic heterocycles. The van der Waals surface area contributed by atoms with Crippen molar-refractivity contribution in [1.29, 1.82) is 5.26 Å². The minimum atomic E-state index is -0.387. The van der Waals surface area contributed by atoms with Crippen molar-refractivity contribution in [1.82, 2.24) is 15.6 Å². The largest absolute Gasteiger partial charge is 0.384 e. The molecule has 1 aromatic rings. The lowest BCUT2D eigenvalue weighted by Gasteiger charge is -2.10. The van der Waals surface area contributed by atoms with Gasteiger partial charge in [-0.3, -0.25) is 9.78 Å². The summed E-state index contributed by atoms with van der Waals surface area (Å²) in [7, 11) is 0. The van der Waals surface area contributed by atoms with Crippen molar-refractivity contribution in [3.8, 4) is 6.07 Å². The highest BCUT2D eigenvalue weighted by Gasteiger charge is 2.17. The molecule has 2 rings (SSSR count). The molecule has 0 radical (unpaired) electrons. The first-order valence-electron chi connectivity index (χ1n) is 6.93. The maximum Gasteiger partial charge on any atom is 0.263 e. The number of ether oxygens (including phenoxy) is 1. The van der Waals surface area contributed by atoms with Crippen molar-refractivity contribution in [3.63, 3.8) is 0 Å². The molecule has 6 nitrogen and oxygen atoms in total. The minimum absolute atomic E-state index is 0.0453. The first-order chi connectivity index (χ1) is 10.3. The first kappa shape index (κ1) is 15.0. The number of hydrogen-bond acceptors (Lipinski definition) is 5. The summed E-state index contributed by atoms with van der Waals surface area (Å²) < 4.78 is 5.41. The Hall–Kier alpha value is -2.39. The summed E-state index contributed by atoms with van der Waals surface area (Å²) in [5.74, 6) is -0.387. The van der Waals surface area contributed by atoms with Crippen LogP contribution >= 0.6 is 0 Å². The number of nitrogens with one attached hydrogen (secondary N) is 2. The fourth-order valence-electron chi connectivity index (χ4n) is 2.02. The van der Waals surface area contributed by atoms with E-state index in [0.29, 0.717) is 13.1 Å². The highest BCUT2D eigenvalue weighted by molar-refractivity contribution is 5.97. The molecule has 1 aliphatic rings. The lowest BCUT2D eigenvalue weighted by Crippen LogP contribution is -2.33. The SMILES string of the molecule is N#C/C(=C/NCc1ccccn1)C(=O)NCC1CCCO1. The second-order valence-electron chi connectivity index (χ2n) is 4.72. The summed E-state index contributed by atoms with van der Waals surface area (Å²) >= 11 is 0. The third-order valence-electron chi connectivity index (χ3n) is 3.14. The quantitative estimate of drug-likeness (QED) is 0.598. The number of aromatic nitrogens is 1. The van der Waals surface area contributed by atoms with Gasteiger partial charge < -0.3 is 15.4 Å². The highest BCUT2D eigenvalue weighted by Crippen LogP contribution is 2.10. The molecule has 1 amide bonds. The topological polar surface area (TPSA) is 87.0 Å². The Balaban J connectivity index is 1.79. The Kier molecular flexibility index (Phi) is 5.73. The molecule has 0 aromatic carbocycles. The summed E-state index contributed by atoms with van der Waals surface area (Å²) in [6.45, 7) is 1.65. The monoisotopic (exact) mass is 286 g/mol. The van der Waals surface area contributed by atoms with E-state index in [1.165, 1.54) is 6.20 Å². The van der Waals surface area contributed by atoms with Crippen LogP contribution in [0.5, 0.6) is 0 Å². The molecule has 110 valence electrons. The smallest absolute Gasteiger partial charge is 0.263 e. The van der Waals surface area contributed by atoms with E-state index in [0.717, 1.165) is 25.1 Å². The average Bonchev–Trinajstić information content (AvgIpc) is 3.04. The van der Waals surface area contributed by atoms with E-state index in [9.17, 15) is 4.79 Å². The van der Waals surface area contributed by atoms with Crippen molar-refractivity contribution in [2.24, 2.45) is 0 Å². The van der Waals surface area contributed by atoms with E-state index < -0.39 is 0 Å². The first-order valence-corrected chi connectivity index (χ1v) is 6.93. The van der Waals surface area contributed by atoms with Gasteiger partial charge in [0.1, 0.15) is 11.6 Å². The number of amides is 1. The van der Waals surface area contributed by atoms with Crippen LogP contribution in [0.4, 0.5) is 0 Å². The zero-order valence-electron chi connectivity index (χ0n) is 11.7. The van der Waals surface area contributed by atoms with Crippen LogP contribution in [0, 0.1) is 11.3 Å². The molecule has 2 N–H and O–H groups in total. The van der Waals surface area contributed by atoms with Gasteiger partial charge in [0.05, 0.1) is 18.3 Å². The summed E-state index contributed by atoms with van der Waals surface area (Å²) in [5.41, 5.74) is 0.884. The maximum atomic E-state index is 11.9. The summed E-state index contributed by atoms with van der Waals surface area (Å²) in [6.07, 6.45) is 5.15. The number of carbonyl (C=O) groups is 1. The normalized spacial score (nSPS) is 18.0. The van der Waals surface area contributed by atoms with Gasteiger partial charge in [0.25, 0.3) is 5.91 Å². The van der Waals surface area contributed by atoms with Gasteiger partial charge in [-0.15, -0.1) is 0 Å². The van der Waals surface area contributed by atoms with E-state index in [2.05, 4.69) is 15.6 Å². The molecule has 0 aliphatic carbocycles. The fourth-order valence-corrected chi connectivity index (χ4v) is 2.02. The Labute approximate surface area is 123 Å². The number of hydrogen-bond donors (Lipinski definition) is 2. The molecule has 0 saturated carbocycles. The van der Waals surface area contributed by atoms with E-state index >= 15 is 0 Å². The van der Waals surface area contributed by atoms with Crippen LogP contribution in [0.3, 0.4) is 0 Å². The molecular weight excluding hydrogens is 268 g/mol. The number of nitriles is 1. The number of carbonyl (C=O) groups excluding carboxylic acids is 1. The zero-order chi connectivity index (χ0) is 14.9. The molecule has 6 heteroatoms. The molecule has 0 bridgehead atoms. The van der Waals surface area contributed by atoms with Gasteiger partial charge in [0.15, 0.2) is 0 Å². The molecular formula is C15H18N4O2. The van der Waals surface area contributed by atoms with Crippen LogP contribution in [0.25, 0.3) is 0 Å².